The van der Waals surface area contributed by atoms with Crippen molar-refractivity contribution in [2.75, 3.05) is 25.1 Å². The van der Waals surface area contributed by atoms with Crippen molar-refractivity contribution < 1.29 is 14.6 Å². The maximum Gasteiger partial charge on any atom is 0.224 e. The summed E-state index contributed by atoms with van der Waals surface area (Å²) in [6.45, 7) is 5.93. The fraction of sp³-hybridized carbons (Fsp3) is 0.650. The molecule has 0 spiro atoms. The van der Waals surface area contributed by atoms with Gasteiger partial charge in [-0.25, -0.2) is 0 Å². The van der Waals surface area contributed by atoms with Crippen LogP contribution in [0.25, 0.3) is 0 Å². The van der Waals surface area contributed by atoms with Gasteiger partial charge in [0, 0.05) is 24.9 Å². The number of carbonyl (C=O) groups excluding carboxylic acids is 1. The number of benzene rings is 1. The minimum absolute atomic E-state index is 0.0178. The van der Waals surface area contributed by atoms with Crippen LogP contribution in [-0.4, -0.2) is 42.9 Å². The minimum atomic E-state index is -0.153. The molecule has 5 nitrogen and oxygen atoms in total. The molecule has 1 fully saturated rings. The molecule has 0 bridgehead atoms. The molecule has 1 heterocycles. The Hall–Kier alpha value is -1.59. The summed E-state index contributed by atoms with van der Waals surface area (Å²) in [6, 6.07) is 8.32. The summed E-state index contributed by atoms with van der Waals surface area (Å²) in [5.74, 6) is 0.701. The van der Waals surface area contributed by atoms with E-state index in [2.05, 4.69) is 17.6 Å². The number of amides is 1. The molecule has 1 saturated heterocycles. The van der Waals surface area contributed by atoms with E-state index in [1.54, 1.807) is 0 Å². The first-order valence-electron chi connectivity index (χ1n) is 9.44. The number of hydrogen-bond acceptors (Lipinski definition) is 4. The van der Waals surface area contributed by atoms with Crippen molar-refractivity contribution in [2.45, 2.75) is 58.0 Å². The molecular weight excluding hydrogens is 316 g/mol. The number of ether oxygens (including phenoxy) is 1. The zero-order valence-electron chi connectivity index (χ0n) is 15.5. The van der Waals surface area contributed by atoms with Gasteiger partial charge in [-0.2, -0.15) is 0 Å². The van der Waals surface area contributed by atoms with Crippen LogP contribution >= 0.6 is 0 Å². The number of rotatable bonds is 9. The lowest BCUT2D eigenvalue weighted by Crippen LogP contribution is -2.37. The zero-order valence-corrected chi connectivity index (χ0v) is 15.5. The second-order valence-electron chi connectivity index (χ2n) is 7.07. The fourth-order valence-corrected chi connectivity index (χ4v) is 3.29. The van der Waals surface area contributed by atoms with Crippen LogP contribution in [0.2, 0.25) is 0 Å². The van der Waals surface area contributed by atoms with Gasteiger partial charge in [0.25, 0.3) is 0 Å². The minimum Gasteiger partial charge on any atom is -0.394 e. The number of nitrogens with one attached hydrogen (secondary N) is 2. The smallest absolute Gasteiger partial charge is 0.224 e. The Bertz CT molecular complexity index is 508. The quantitative estimate of drug-likeness (QED) is 0.642. The van der Waals surface area contributed by atoms with E-state index in [-0.39, 0.29) is 18.6 Å². The van der Waals surface area contributed by atoms with Crippen molar-refractivity contribution in [3.63, 3.8) is 0 Å². The van der Waals surface area contributed by atoms with Crippen LogP contribution in [0.3, 0.4) is 0 Å². The predicted molar refractivity (Wildman–Crippen MR) is 101 cm³/mol. The van der Waals surface area contributed by atoms with Gasteiger partial charge < -0.3 is 20.5 Å². The van der Waals surface area contributed by atoms with Crippen molar-refractivity contribution in [2.24, 2.45) is 5.92 Å². The molecule has 140 valence electrons. The van der Waals surface area contributed by atoms with Crippen LogP contribution in [0.15, 0.2) is 24.3 Å². The van der Waals surface area contributed by atoms with Gasteiger partial charge in [-0.05, 0) is 56.2 Å². The Morgan fingerprint density at radius 3 is 2.56 bits per heavy atom. The molecule has 5 heteroatoms. The molecule has 0 radical (unpaired) electrons. The molecule has 25 heavy (non-hydrogen) atoms. The van der Waals surface area contributed by atoms with Crippen molar-refractivity contribution in [3.8, 4) is 0 Å². The summed E-state index contributed by atoms with van der Waals surface area (Å²) in [6.07, 6.45) is 4.55. The molecule has 2 atom stereocenters. The van der Waals surface area contributed by atoms with Crippen molar-refractivity contribution in [3.05, 3.63) is 29.8 Å². The number of carbonyl (C=O) groups is 1. The molecule has 0 saturated carbocycles. The zero-order chi connectivity index (χ0) is 18.1. The van der Waals surface area contributed by atoms with Crippen LogP contribution in [0.5, 0.6) is 0 Å². The van der Waals surface area contributed by atoms with E-state index in [0.29, 0.717) is 12.5 Å². The number of anilines is 1. The summed E-state index contributed by atoms with van der Waals surface area (Å²) in [5, 5.41) is 15.5. The molecule has 1 aromatic rings. The summed E-state index contributed by atoms with van der Waals surface area (Å²) in [7, 11) is 0. The van der Waals surface area contributed by atoms with Gasteiger partial charge in [0.05, 0.1) is 19.1 Å². The monoisotopic (exact) mass is 348 g/mol. The van der Waals surface area contributed by atoms with Gasteiger partial charge in [-0.15, -0.1) is 0 Å². The molecule has 3 N–H and O–H groups in total. The van der Waals surface area contributed by atoms with E-state index in [0.717, 1.165) is 56.1 Å². The van der Waals surface area contributed by atoms with Crippen LogP contribution in [0.1, 0.15) is 45.1 Å². The van der Waals surface area contributed by atoms with Crippen LogP contribution < -0.4 is 10.6 Å². The standard InChI is InChI=1S/C20H32N2O3/c1-3-18(14-23)22-20(24)13-16-4-6-19(7-5-16)21-15(2)12-17-8-10-25-11-9-17/h4-7,15,17-18,21,23H,3,8-14H2,1-2H3,(H,22,24). The van der Waals surface area contributed by atoms with E-state index in [1.807, 2.05) is 31.2 Å². The molecule has 2 unspecified atom stereocenters. The number of hydrogen-bond donors (Lipinski definition) is 3. The molecule has 1 aliphatic rings. The lowest BCUT2D eigenvalue weighted by Gasteiger charge is -2.25. The Morgan fingerprint density at radius 1 is 1.28 bits per heavy atom. The maximum atomic E-state index is 12.0. The lowest BCUT2D eigenvalue weighted by molar-refractivity contribution is -0.121. The first-order valence-corrected chi connectivity index (χ1v) is 9.44. The van der Waals surface area contributed by atoms with E-state index in [4.69, 9.17) is 9.84 Å². The molecule has 1 aliphatic heterocycles. The van der Waals surface area contributed by atoms with Crippen LogP contribution in [-0.2, 0) is 16.0 Å². The number of aliphatic hydroxyl groups excluding tert-OH is 1. The molecule has 1 amide bonds. The second-order valence-corrected chi connectivity index (χ2v) is 7.07. The van der Waals surface area contributed by atoms with E-state index < -0.39 is 0 Å². The topological polar surface area (TPSA) is 70.6 Å². The van der Waals surface area contributed by atoms with Gasteiger partial charge >= 0.3 is 0 Å². The van der Waals surface area contributed by atoms with E-state index in [9.17, 15) is 4.79 Å². The molecule has 0 aromatic heterocycles. The molecule has 1 aromatic carbocycles. The first kappa shape index (κ1) is 19.7. The van der Waals surface area contributed by atoms with Gasteiger partial charge in [0.15, 0.2) is 0 Å². The average molecular weight is 348 g/mol. The second kappa shape index (κ2) is 10.4. The molecule has 2 rings (SSSR count). The first-order chi connectivity index (χ1) is 12.1. The average Bonchev–Trinajstić information content (AvgIpc) is 2.62. The summed E-state index contributed by atoms with van der Waals surface area (Å²) < 4.78 is 5.42. The Balaban J connectivity index is 1.77. The van der Waals surface area contributed by atoms with E-state index >= 15 is 0 Å². The van der Waals surface area contributed by atoms with Crippen molar-refractivity contribution in [1.82, 2.24) is 5.32 Å². The van der Waals surface area contributed by atoms with Gasteiger partial charge in [-0.1, -0.05) is 19.1 Å². The third kappa shape index (κ3) is 7.04. The van der Waals surface area contributed by atoms with Crippen molar-refractivity contribution >= 4 is 11.6 Å². The lowest BCUT2D eigenvalue weighted by atomic mass is 9.93. The fourth-order valence-electron chi connectivity index (χ4n) is 3.29. The molecule has 0 aliphatic carbocycles. The van der Waals surface area contributed by atoms with E-state index in [1.165, 1.54) is 0 Å². The highest BCUT2D eigenvalue weighted by Crippen LogP contribution is 2.22. The normalized spacial score (nSPS) is 17.7. The van der Waals surface area contributed by atoms with Crippen molar-refractivity contribution in [1.29, 1.82) is 0 Å². The predicted octanol–water partition coefficient (Wildman–Crippen LogP) is 2.73. The Kier molecular flexibility index (Phi) is 8.22. The highest BCUT2D eigenvalue weighted by molar-refractivity contribution is 5.79. The number of aliphatic hydroxyl groups is 1. The Morgan fingerprint density at radius 2 is 1.96 bits per heavy atom. The van der Waals surface area contributed by atoms with Gasteiger partial charge in [-0.3, -0.25) is 4.79 Å². The SMILES string of the molecule is CCC(CO)NC(=O)Cc1ccc(NC(C)CC2CCOCC2)cc1. The maximum absolute atomic E-state index is 12.0. The van der Waals surface area contributed by atoms with Crippen LogP contribution in [0.4, 0.5) is 5.69 Å². The summed E-state index contributed by atoms with van der Waals surface area (Å²) in [5.41, 5.74) is 2.07. The molecular formula is C20H32N2O3. The Labute approximate surface area is 151 Å². The van der Waals surface area contributed by atoms with Gasteiger partial charge in [0.2, 0.25) is 5.91 Å². The highest BCUT2D eigenvalue weighted by atomic mass is 16.5. The third-order valence-electron chi connectivity index (χ3n) is 4.84. The van der Waals surface area contributed by atoms with Crippen LogP contribution in [0, 0.1) is 5.92 Å². The largest absolute Gasteiger partial charge is 0.394 e. The summed E-state index contributed by atoms with van der Waals surface area (Å²) in [4.78, 5) is 12.0. The van der Waals surface area contributed by atoms with Gasteiger partial charge in [0.1, 0.15) is 0 Å². The summed E-state index contributed by atoms with van der Waals surface area (Å²) >= 11 is 0. The highest BCUT2D eigenvalue weighted by Gasteiger charge is 2.16. The third-order valence-corrected chi connectivity index (χ3v) is 4.84.